The summed E-state index contributed by atoms with van der Waals surface area (Å²) in [7, 11) is 1.29. The van der Waals surface area contributed by atoms with E-state index in [1.165, 1.54) is 19.4 Å². The van der Waals surface area contributed by atoms with E-state index < -0.39 is 29.7 Å². The molecule has 0 bridgehead atoms. The Bertz CT molecular complexity index is 1030. The van der Waals surface area contributed by atoms with Gasteiger partial charge >= 0.3 is 11.9 Å². The first-order chi connectivity index (χ1) is 12.9. The third kappa shape index (κ3) is 3.59. The number of carbonyl (C=O) groups is 3. The molecule has 3 rings (SSSR count). The summed E-state index contributed by atoms with van der Waals surface area (Å²) in [6.45, 7) is 1.74. The molecule has 138 valence electrons. The zero-order valence-electron chi connectivity index (χ0n) is 14.4. The molecule has 0 saturated heterocycles. The number of carbonyl (C=O) groups excluding carboxylic acids is 2. The van der Waals surface area contributed by atoms with E-state index in [0.29, 0.717) is 5.56 Å². The van der Waals surface area contributed by atoms with Gasteiger partial charge in [0.1, 0.15) is 0 Å². The third-order valence-electron chi connectivity index (χ3n) is 3.83. The van der Waals surface area contributed by atoms with Gasteiger partial charge in [-0.05, 0) is 24.6 Å². The number of fused-ring (bicyclic) bond motifs is 1. The summed E-state index contributed by atoms with van der Waals surface area (Å²) in [6.07, 6.45) is 1.39. The molecule has 27 heavy (non-hydrogen) atoms. The number of benzene rings is 1. The highest BCUT2D eigenvalue weighted by atomic mass is 16.5. The Labute approximate surface area is 152 Å². The Morgan fingerprint density at radius 3 is 2.48 bits per heavy atom. The number of aromatic carboxylic acids is 1. The van der Waals surface area contributed by atoms with Crippen molar-refractivity contribution in [1.82, 2.24) is 24.9 Å². The molecule has 3 aromatic rings. The van der Waals surface area contributed by atoms with E-state index in [1.807, 2.05) is 0 Å². The van der Waals surface area contributed by atoms with Crippen LogP contribution in [0.2, 0.25) is 0 Å². The van der Waals surface area contributed by atoms with Crippen LogP contribution in [0.5, 0.6) is 0 Å². The minimum atomic E-state index is -1.35. The second-order valence-electron chi connectivity index (χ2n) is 5.59. The number of amides is 1. The van der Waals surface area contributed by atoms with E-state index in [4.69, 9.17) is 5.11 Å². The summed E-state index contributed by atoms with van der Waals surface area (Å²) in [5.41, 5.74) is 1.32. The summed E-state index contributed by atoms with van der Waals surface area (Å²) in [5, 5.41) is 15.8. The highest BCUT2D eigenvalue weighted by Gasteiger charge is 2.20. The number of nitrogens with zero attached hydrogens (tertiary/aromatic N) is 4. The zero-order valence-corrected chi connectivity index (χ0v) is 14.4. The lowest BCUT2D eigenvalue weighted by Gasteiger charge is -2.15. The molecule has 0 aliphatic carbocycles. The predicted octanol–water partition coefficient (Wildman–Crippen LogP) is 1.10. The number of ether oxygens (including phenoxy) is 1. The SMILES string of the molecule is COC(=O)c1ccc([C@H](C)NC(=O)c2nc(C(=O)O)nc3ccnn23)cc1. The van der Waals surface area contributed by atoms with E-state index in [2.05, 4.69) is 25.1 Å². The monoisotopic (exact) mass is 369 g/mol. The fraction of sp³-hybridized carbons (Fsp3) is 0.176. The highest BCUT2D eigenvalue weighted by molar-refractivity contribution is 5.93. The van der Waals surface area contributed by atoms with E-state index >= 15 is 0 Å². The van der Waals surface area contributed by atoms with Crippen molar-refractivity contribution in [3.63, 3.8) is 0 Å². The van der Waals surface area contributed by atoms with Crippen LogP contribution in [0.4, 0.5) is 0 Å². The van der Waals surface area contributed by atoms with Gasteiger partial charge in [-0.25, -0.2) is 14.6 Å². The molecule has 0 aliphatic rings. The van der Waals surface area contributed by atoms with Gasteiger partial charge in [0.05, 0.1) is 24.9 Å². The van der Waals surface area contributed by atoms with Gasteiger partial charge in [0, 0.05) is 6.07 Å². The summed E-state index contributed by atoms with van der Waals surface area (Å²) in [6, 6.07) is 7.58. The smallest absolute Gasteiger partial charge is 0.374 e. The fourth-order valence-electron chi connectivity index (χ4n) is 2.44. The number of methoxy groups -OCH3 is 1. The summed E-state index contributed by atoms with van der Waals surface area (Å²) in [4.78, 5) is 42.9. The number of carboxylic acids is 1. The number of aromatic nitrogens is 4. The molecule has 10 nitrogen and oxygen atoms in total. The Morgan fingerprint density at radius 1 is 1.15 bits per heavy atom. The molecule has 10 heteroatoms. The molecule has 0 saturated carbocycles. The third-order valence-corrected chi connectivity index (χ3v) is 3.83. The first-order valence-electron chi connectivity index (χ1n) is 7.85. The van der Waals surface area contributed by atoms with E-state index in [-0.39, 0.29) is 11.5 Å². The molecule has 2 aromatic heterocycles. The van der Waals surface area contributed by atoms with E-state index in [1.54, 1.807) is 31.2 Å². The normalized spacial score (nSPS) is 11.8. The molecule has 2 N–H and O–H groups in total. The number of rotatable bonds is 5. The summed E-state index contributed by atoms with van der Waals surface area (Å²) < 4.78 is 5.80. The topological polar surface area (TPSA) is 136 Å². The quantitative estimate of drug-likeness (QED) is 0.638. The number of esters is 1. The van der Waals surface area contributed by atoms with Crippen molar-refractivity contribution in [3.05, 3.63) is 59.3 Å². The molecule has 0 aliphatic heterocycles. The van der Waals surface area contributed by atoms with Crippen LogP contribution in [0.15, 0.2) is 36.5 Å². The van der Waals surface area contributed by atoms with Gasteiger partial charge in [0.25, 0.3) is 5.91 Å². The molecule has 0 fully saturated rings. The van der Waals surface area contributed by atoms with Gasteiger partial charge in [0.15, 0.2) is 5.65 Å². The van der Waals surface area contributed by atoms with Gasteiger partial charge in [-0.3, -0.25) is 4.79 Å². The zero-order chi connectivity index (χ0) is 19.6. The van der Waals surface area contributed by atoms with Crippen molar-refractivity contribution in [2.75, 3.05) is 7.11 Å². The lowest BCUT2D eigenvalue weighted by Crippen LogP contribution is -2.30. The van der Waals surface area contributed by atoms with Crippen molar-refractivity contribution in [2.24, 2.45) is 0 Å². The van der Waals surface area contributed by atoms with Gasteiger partial charge in [-0.2, -0.15) is 14.6 Å². The van der Waals surface area contributed by atoms with Crippen molar-refractivity contribution >= 4 is 23.5 Å². The molecule has 1 atom stereocenters. The first-order valence-corrected chi connectivity index (χ1v) is 7.85. The van der Waals surface area contributed by atoms with Crippen molar-refractivity contribution < 1.29 is 24.2 Å². The largest absolute Gasteiger partial charge is 0.475 e. The summed E-state index contributed by atoms with van der Waals surface area (Å²) in [5.74, 6) is -3.11. The Kier molecular flexibility index (Phi) is 4.79. The van der Waals surface area contributed by atoms with Crippen LogP contribution in [0.1, 0.15) is 50.1 Å². The van der Waals surface area contributed by atoms with Crippen LogP contribution in [0, 0.1) is 0 Å². The van der Waals surface area contributed by atoms with Crippen LogP contribution < -0.4 is 5.32 Å². The maximum atomic E-state index is 12.6. The molecule has 1 amide bonds. The van der Waals surface area contributed by atoms with Crippen molar-refractivity contribution in [2.45, 2.75) is 13.0 Å². The van der Waals surface area contributed by atoms with E-state index in [9.17, 15) is 14.4 Å². The van der Waals surface area contributed by atoms with Crippen molar-refractivity contribution in [1.29, 1.82) is 0 Å². The van der Waals surface area contributed by atoms with Crippen LogP contribution >= 0.6 is 0 Å². The van der Waals surface area contributed by atoms with Crippen LogP contribution in [-0.4, -0.2) is 49.6 Å². The molecule has 0 spiro atoms. The Balaban J connectivity index is 1.84. The lowest BCUT2D eigenvalue weighted by atomic mass is 10.1. The standard InChI is InChI=1S/C17H15N5O5/c1-9(10-3-5-11(6-4-10)17(26)27-2)19-15(23)14-21-13(16(24)25)20-12-7-8-18-22(12)14/h3-9H,1-2H3,(H,19,23)(H,24,25)/t9-/m0/s1. The molecular formula is C17H15N5O5. The molecule has 0 unspecified atom stereocenters. The number of hydrogen-bond acceptors (Lipinski definition) is 7. The fourth-order valence-corrected chi connectivity index (χ4v) is 2.44. The average Bonchev–Trinajstić information content (AvgIpc) is 3.15. The summed E-state index contributed by atoms with van der Waals surface area (Å²) >= 11 is 0. The van der Waals surface area contributed by atoms with Gasteiger partial charge < -0.3 is 15.2 Å². The van der Waals surface area contributed by atoms with Gasteiger partial charge in [-0.1, -0.05) is 12.1 Å². The number of carboxylic acid groups (broad SMARTS) is 1. The highest BCUT2D eigenvalue weighted by Crippen LogP contribution is 2.15. The van der Waals surface area contributed by atoms with Gasteiger partial charge in [-0.15, -0.1) is 0 Å². The van der Waals surface area contributed by atoms with Crippen LogP contribution in [-0.2, 0) is 4.74 Å². The predicted molar refractivity (Wildman–Crippen MR) is 91.4 cm³/mol. The van der Waals surface area contributed by atoms with Gasteiger partial charge in [0.2, 0.25) is 11.6 Å². The maximum absolute atomic E-state index is 12.6. The molecule has 1 aromatic carbocycles. The lowest BCUT2D eigenvalue weighted by molar-refractivity contribution is 0.0599. The maximum Gasteiger partial charge on any atom is 0.374 e. The molecule has 2 heterocycles. The van der Waals surface area contributed by atoms with Crippen molar-refractivity contribution in [3.8, 4) is 0 Å². The number of nitrogens with one attached hydrogen (secondary N) is 1. The number of hydrogen-bond donors (Lipinski definition) is 2. The first kappa shape index (κ1) is 18.0. The van der Waals surface area contributed by atoms with E-state index in [0.717, 1.165) is 10.1 Å². The second kappa shape index (κ2) is 7.20. The van der Waals surface area contributed by atoms with Crippen LogP contribution in [0.3, 0.4) is 0 Å². The Morgan fingerprint density at radius 2 is 1.85 bits per heavy atom. The minimum Gasteiger partial charge on any atom is -0.475 e. The van der Waals surface area contributed by atoms with Crippen LogP contribution in [0.25, 0.3) is 5.65 Å². The molecule has 0 radical (unpaired) electrons. The second-order valence-corrected chi connectivity index (χ2v) is 5.59. The Hall–Kier alpha value is -3.82. The minimum absolute atomic E-state index is 0.194. The average molecular weight is 369 g/mol. The molecular weight excluding hydrogens is 354 g/mol.